The molecule has 1 rings (SSSR count). The lowest BCUT2D eigenvalue weighted by atomic mass is 10.0. The van der Waals surface area contributed by atoms with Crippen molar-refractivity contribution < 1.29 is 0 Å². The van der Waals surface area contributed by atoms with Gasteiger partial charge in [-0.3, -0.25) is 0 Å². The third-order valence-electron chi connectivity index (χ3n) is 3.14. The molecule has 1 heteroatoms. The smallest absolute Gasteiger partial charge is 0.0302 e. The summed E-state index contributed by atoms with van der Waals surface area (Å²) in [5, 5.41) is 2.19. The zero-order valence-electron chi connectivity index (χ0n) is 11.0. The molecule has 0 radical (unpaired) electrons. The van der Waals surface area contributed by atoms with E-state index in [1.807, 2.05) is 12.2 Å². The van der Waals surface area contributed by atoms with Crippen molar-refractivity contribution in [3.8, 4) is 0 Å². The minimum atomic E-state index is 1.18. The van der Waals surface area contributed by atoms with Gasteiger partial charge in [-0.2, -0.15) is 0 Å². The van der Waals surface area contributed by atoms with Gasteiger partial charge in [-0.1, -0.05) is 64.3 Å². The summed E-state index contributed by atoms with van der Waals surface area (Å²) in [7, 11) is 0. The SMILES string of the molecule is C=Cc1csc(C=C)c1CCCCCCCC. The lowest BCUT2D eigenvalue weighted by Gasteiger charge is -2.03. The van der Waals surface area contributed by atoms with E-state index in [1.165, 1.54) is 60.9 Å². The molecule has 0 spiro atoms. The molecule has 0 saturated heterocycles. The first-order valence-electron chi connectivity index (χ1n) is 6.68. The highest BCUT2D eigenvalue weighted by atomic mass is 32.1. The van der Waals surface area contributed by atoms with Crippen molar-refractivity contribution in [2.24, 2.45) is 0 Å². The molecular weight excluding hydrogens is 224 g/mol. The van der Waals surface area contributed by atoms with Crippen molar-refractivity contribution >= 4 is 23.5 Å². The van der Waals surface area contributed by atoms with Crippen LogP contribution in [0.4, 0.5) is 0 Å². The van der Waals surface area contributed by atoms with Crippen LogP contribution in [0.25, 0.3) is 12.2 Å². The standard InChI is InChI=1S/C16H24S/c1-4-7-8-9-10-11-12-15-14(5-2)13-17-16(15)6-3/h5-6,13H,2-4,7-12H2,1H3. The Hall–Kier alpha value is -0.820. The topological polar surface area (TPSA) is 0 Å². The molecule has 0 unspecified atom stereocenters. The van der Waals surface area contributed by atoms with Gasteiger partial charge in [0.25, 0.3) is 0 Å². The molecule has 0 aliphatic carbocycles. The first-order valence-corrected chi connectivity index (χ1v) is 7.56. The lowest BCUT2D eigenvalue weighted by molar-refractivity contribution is 0.607. The molecule has 94 valence electrons. The van der Waals surface area contributed by atoms with Crippen LogP contribution in [0, 0.1) is 0 Å². The minimum Gasteiger partial charge on any atom is -0.144 e. The first-order chi connectivity index (χ1) is 8.33. The Morgan fingerprint density at radius 2 is 1.76 bits per heavy atom. The predicted molar refractivity (Wildman–Crippen MR) is 81.6 cm³/mol. The number of hydrogen-bond acceptors (Lipinski definition) is 1. The van der Waals surface area contributed by atoms with Gasteiger partial charge in [0.05, 0.1) is 0 Å². The molecular formula is C16H24S. The molecule has 0 atom stereocenters. The molecule has 0 aliphatic heterocycles. The second-order valence-electron chi connectivity index (χ2n) is 4.46. The normalized spacial score (nSPS) is 10.4. The molecule has 0 fully saturated rings. The Morgan fingerprint density at radius 3 is 2.41 bits per heavy atom. The summed E-state index contributed by atoms with van der Waals surface area (Å²) in [6.45, 7) is 10.0. The predicted octanol–water partition coefficient (Wildman–Crippen LogP) is 5.94. The number of unbranched alkanes of at least 4 members (excludes halogenated alkanes) is 5. The summed E-state index contributed by atoms with van der Waals surface area (Å²) < 4.78 is 0. The van der Waals surface area contributed by atoms with Gasteiger partial charge in [-0.25, -0.2) is 0 Å². The monoisotopic (exact) mass is 248 g/mol. The largest absolute Gasteiger partial charge is 0.144 e. The van der Waals surface area contributed by atoms with E-state index < -0.39 is 0 Å². The van der Waals surface area contributed by atoms with Crippen LogP contribution in [0.15, 0.2) is 18.5 Å². The molecule has 1 aromatic rings. The highest BCUT2D eigenvalue weighted by Crippen LogP contribution is 2.26. The average Bonchev–Trinajstić information content (AvgIpc) is 2.75. The van der Waals surface area contributed by atoms with E-state index in [4.69, 9.17) is 0 Å². The van der Waals surface area contributed by atoms with Crippen LogP contribution in [0.3, 0.4) is 0 Å². The third-order valence-corrected chi connectivity index (χ3v) is 4.18. The fraction of sp³-hybridized carbons (Fsp3) is 0.500. The maximum atomic E-state index is 3.88. The van der Waals surface area contributed by atoms with Gasteiger partial charge in [0, 0.05) is 4.88 Å². The molecule has 0 nitrogen and oxygen atoms in total. The van der Waals surface area contributed by atoms with Crippen molar-refractivity contribution in [1.29, 1.82) is 0 Å². The van der Waals surface area contributed by atoms with E-state index >= 15 is 0 Å². The Bertz CT molecular complexity index is 321. The molecule has 17 heavy (non-hydrogen) atoms. The summed E-state index contributed by atoms with van der Waals surface area (Å²) >= 11 is 1.78. The molecule has 0 aliphatic rings. The van der Waals surface area contributed by atoms with Gasteiger partial charge in [-0.15, -0.1) is 11.3 Å². The van der Waals surface area contributed by atoms with Crippen LogP contribution in [0.1, 0.15) is 61.5 Å². The third kappa shape index (κ3) is 4.51. The summed E-state index contributed by atoms with van der Waals surface area (Å²) in [5.41, 5.74) is 2.76. The second kappa shape index (κ2) is 8.30. The molecule has 0 saturated carbocycles. The Balaban J connectivity index is 2.37. The average molecular weight is 248 g/mol. The van der Waals surface area contributed by atoms with Crippen molar-refractivity contribution in [3.05, 3.63) is 34.5 Å². The van der Waals surface area contributed by atoms with Crippen LogP contribution in [-0.2, 0) is 6.42 Å². The van der Waals surface area contributed by atoms with Crippen molar-refractivity contribution in [2.75, 3.05) is 0 Å². The fourth-order valence-corrected chi connectivity index (χ4v) is 3.05. The Morgan fingerprint density at radius 1 is 1.06 bits per heavy atom. The summed E-state index contributed by atoms with van der Waals surface area (Å²) in [6, 6.07) is 0. The zero-order chi connectivity index (χ0) is 12.5. The summed E-state index contributed by atoms with van der Waals surface area (Å²) in [6.07, 6.45) is 13.2. The van der Waals surface area contributed by atoms with E-state index in [0.717, 1.165) is 0 Å². The maximum Gasteiger partial charge on any atom is 0.0302 e. The molecule has 1 aromatic heterocycles. The van der Waals surface area contributed by atoms with Gasteiger partial charge < -0.3 is 0 Å². The van der Waals surface area contributed by atoms with Gasteiger partial charge >= 0.3 is 0 Å². The minimum absolute atomic E-state index is 1.18. The fourth-order valence-electron chi connectivity index (χ4n) is 2.10. The van der Waals surface area contributed by atoms with Crippen LogP contribution in [0.2, 0.25) is 0 Å². The molecule has 1 heterocycles. The first kappa shape index (κ1) is 14.2. The summed E-state index contributed by atoms with van der Waals surface area (Å²) in [4.78, 5) is 1.33. The van der Waals surface area contributed by atoms with Gasteiger partial charge in [0.15, 0.2) is 0 Å². The van der Waals surface area contributed by atoms with E-state index in [2.05, 4.69) is 25.5 Å². The van der Waals surface area contributed by atoms with E-state index in [0.29, 0.717) is 0 Å². The van der Waals surface area contributed by atoms with Gasteiger partial charge in [0.2, 0.25) is 0 Å². The van der Waals surface area contributed by atoms with Crippen LogP contribution >= 0.6 is 11.3 Å². The van der Waals surface area contributed by atoms with Crippen molar-refractivity contribution in [3.63, 3.8) is 0 Å². The zero-order valence-corrected chi connectivity index (χ0v) is 11.8. The second-order valence-corrected chi connectivity index (χ2v) is 5.37. The number of hydrogen-bond donors (Lipinski definition) is 0. The Kier molecular flexibility index (Phi) is 6.95. The van der Waals surface area contributed by atoms with Gasteiger partial charge in [-0.05, 0) is 29.3 Å². The van der Waals surface area contributed by atoms with Crippen molar-refractivity contribution in [2.45, 2.75) is 51.9 Å². The van der Waals surface area contributed by atoms with Crippen LogP contribution in [-0.4, -0.2) is 0 Å². The van der Waals surface area contributed by atoms with Crippen LogP contribution in [0.5, 0.6) is 0 Å². The quantitative estimate of drug-likeness (QED) is 0.475. The lowest BCUT2D eigenvalue weighted by Crippen LogP contribution is -1.89. The molecule has 0 amide bonds. The van der Waals surface area contributed by atoms with E-state index in [-0.39, 0.29) is 0 Å². The van der Waals surface area contributed by atoms with E-state index in [9.17, 15) is 0 Å². The number of rotatable bonds is 9. The summed E-state index contributed by atoms with van der Waals surface area (Å²) in [5.74, 6) is 0. The highest BCUT2D eigenvalue weighted by Gasteiger charge is 2.06. The van der Waals surface area contributed by atoms with Crippen LogP contribution < -0.4 is 0 Å². The Labute approximate surface area is 110 Å². The van der Waals surface area contributed by atoms with E-state index in [1.54, 1.807) is 11.3 Å². The molecule has 0 N–H and O–H groups in total. The number of thiophene rings is 1. The van der Waals surface area contributed by atoms with Gasteiger partial charge in [0.1, 0.15) is 0 Å². The maximum absolute atomic E-state index is 3.88. The highest BCUT2D eigenvalue weighted by molar-refractivity contribution is 7.11. The van der Waals surface area contributed by atoms with Crippen molar-refractivity contribution in [1.82, 2.24) is 0 Å². The molecule has 0 bridgehead atoms. The molecule has 0 aromatic carbocycles.